The van der Waals surface area contributed by atoms with Crippen LogP contribution in [0.4, 0.5) is 0 Å². The van der Waals surface area contributed by atoms with Crippen LogP contribution in [-0.2, 0) is 0 Å². The van der Waals surface area contributed by atoms with Gasteiger partial charge in [-0.15, -0.1) is 0 Å². The van der Waals surface area contributed by atoms with Gasteiger partial charge in [0.25, 0.3) is 0 Å². The predicted molar refractivity (Wildman–Crippen MR) is 41.5 cm³/mol. The summed E-state index contributed by atoms with van der Waals surface area (Å²) < 4.78 is 0. The Morgan fingerprint density at radius 3 is 3.20 bits per heavy atom. The van der Waals surface area contributed by atoms with Gasteiger partial charge in [0.05, 0.1) is 0 Å². The first-order chi connectivity index (χ1) is 4.84. The number of rotatable bonds is 0. The number of hydrogen-bond donors (Lipinski definition) is 1. The van der Waals surface area contributed by atoms with E-state index in [4.69, 9.17) is 5.84 Å². The SMILES string of the molecule is CC1/C(=N/N)C2CC=CC12. The minimum absolute atomic E-state index is 0.605. The van der Waals surface area contributed by atoms with Crippen LogP contribution in [-0.4, -0.2) is 5.71 Å². The van der Waals surface area contributed by atoms with Crippen LogP contribution in [0.2, 0.25) is 0 Å². The van der Waals surface area contributed by atoms with Crippen molar-refractivity contribution >= 4 is 5.71 Å². The molecule has 2 rings (SSSR count). The minimum Gasteiger partial charge on any atom is -0.323 e. The Kier molecular flexibility index (Phi) is 1.10. The molecule has 0 heterocycles. The molecule has 10 heavy (non-hydrogen) atoms. The van der Waals surface area contributed by atoms with Crippen LogP contribution in [0.15, 0.2) is 17.3 Å². The van der Waals surface area contributed by atoms with Gasteiger partial charge in [-0.25, -0.2) is 0 Å². The predicted octanol–water partition coefficient (Wildman–Crippen LogP) is 1.14. The van der Waals surface area contributed by atoms with E-state index >= 15 is 0 Å². The molecule has 2 aliphatic carbocycles. The molecule has 0 saturated heterocycles. The molecule has 3 unspecified atom stereocenters. The van der Waals surface area contributed by atoms with Gasteiger partial charge in [0, 0.05) is 17.5 Å². The normalized spacial score (nSPS) is 47.3. The Bertz CT molecular complexity index is 205. The molecule has 2 aliphatic rings. The maximum Gasteiger partial charge on any atom is 0.0450 e. The molecule has 3 atom stereocenters. The molecule has 2 heteroatoms. The highest BCUT2D eigenvalue weighted by Gasteiger charge is 2.44. The highest BCUT2D eigenvalue weighted by atomic mass is 15.1. The van der Waals surface area contributed by atoms with Gasteiger partial charge in [0.1, 0.15) is 0 Å². The Hall–Kier alpha value is -0.790. The zero-order chi connectivity index (χ0) is 7.14. The van der Waals surface area contributed by atoms with E-state index in [2.05, 4.69) is 24.2 Å². The summed E-state index contributed by atoms with van der Waals surface area (Å²) in [5.41, 5.74) is 1.22. The van der Waals surface area contributed by atoms with Crippen LogP contribution in [0.25, 0.3) is 0 Å². The Labute approximate surface area is 60.8 Å². The van der Waals surface area contributed by atoms with Gasteiger partial charge in [-0.2, -0.15) is 5.10 Å². The summed E-state index contributed by atoms with van der Waals surface area (Å²) >= 11 is 0. The maximum atomic E-state index is 5.24. The first-order valence-corrected chi connectivity index (χ1v) is 3.79. The molecule has 0 aromatic rings. The van der Waals surface area contributed by atoms with Crippen LogP contribution in [0.1, 0.15) is 13.3 Å². The van der Waals surface area contributed by atoms with E-state index in [-0.39, 0.29) is 0 Å². The number of fused-ring (bicyclic) bond motifs is 1. The van der Waals surface area contributed by atoms with E-state index in [1.54, 1.807) is 0 Å². The molecule has 1 saturated carbocycles. The van der Waals surface area contributed by atoms with E-state index in [0.29, 0.717) is 11.8 Å². The molecule has 0 amide bonds. The van der Waals surface area contributed by atoms with Gasteiger partial charge in [-0.3, -0.25) is 0 Å². The zero-order valence-electron chi connectivity index (χ0n) is 6.12. The van der Waals surface area contributed by atoms with Crippen molar-refractivity contribution < 1.29 is 0 Å². The molecule has 54 valence electrons. The van der Waals surface area contributed by atoms with E-state index in [9.17, 15) is 0 Å². The molecular weight excluding hydrogens is 124 g/mol. The lowest BCUT2D eigenvalue weighted by molar-refractivity contribution is 0.359. The Morgan fingerprint density at radius 1 is 1.70 bits per heavy atom. The monoisotopic (exact) mass is 136 g/mol. The fourth-order valence-electron chi connectivity index (χ4n) is 2.14. The molecule has 0 radical (unpaired) electrons. The Balaban J connectivity index is 2.20. The lowest BCUT2D eigenvalue weighted by Crippen LogP contribution is -2.43. The first-order valence-electron chi connectivity index (χ1n) is 3.79. The van der Waals surface area contributed by atoms with Gasteiger partial charge >= 0.3 is 0 Å². The molecule has 2 N–H and O–H groups in total. The zero-order valence-corrected chi connectivity index (χ0v) is 6.12. The van der Waals surface area contributed by atoms with Gasteiger partial charge in [-0.05, 0) is 12.3 Å². The third kappa shape index (κ3) is 0.516. The topological polar surface area (TPSA) is 38.4 Å². The van der Waals surface area contributed by atoms with Crippen molar-refractivity contribution in [3.8, 4) is 0 Å². The average Bonchev–Trinajstić information content (AvgIpc) is 2.33. The van der Waals surface area contributed by atoms with Crippen molar-refractivity contribution in [1.82, 2.24) is 0 Å². The molecule has 2 nitrogen and oxygen atoms in total. The van der Waals surface area contributed by atoms with Crippen molar-refractivity contribution in [1.29, 1.82) is 0 Å². The van der Waals surface area contributed by atoms with Crippen LogP contribution in [0.3, 0.4) is 0 Å². The van der Waals surface area contributed by atoms with Gasteiger partial charge in [0.15, 0.2) is 0 Å². The van der Waals surface area contributed by atoms with Gasteiger partial charge < -0.3 is 5.84 Å². The highest BCUT2D eigenvalue weighted by Crippen LogP contribution is 2.44. The number of nitrogens with two attached hydrogens (primary N) is 1. The van der Waals surface area contributed by atoms with Crippen molar-refractivity contribution in [2.45, 2.75) is 13.3 Å². The van der Waals surface area contributed by atoms with Crippen molar-refractivity contribution in [3.63, 3.8) is 0 Å². The van der Waals surface area contributed by atoms with Crippen molar-refractivity contribution in [3.05, 3.63) is 12.2 Å². The van der Waals surface area contributed by atoms with Crippen LogP contribution in [0.5, 0.6) is 0 Å². The summed E-state index contributed by atoms with van der Waals surface area (Å²) in [7, 11) is 0. The smallest absolute Gasteiger partial charge is 0.0450 e. The summed E-state index contributed by atoms with van der Waals surface area (Å²) in [4.78, 5) is 0. The first kappa shape index (κ1) is 5.96. The number of allylic oxidation sites excluding steroid dienone is 2. The second-order valence-corrected chi connectivity index (χ2v) is 3.19. The van der Waals surface area contributed by atoms with Crippen LogP contribution < -0.4 is 5.84 Å². The molecule has 0 aromatic carbocycles. The highest BCUT2D eigenvalue weighted by molar-refractivity contribution is 5.95. The number of hydrogen-bond acceptors (Lipinski definition) is 2. The van der Waals surface area contributed by atoms with E-state index in [1.165, 1.54) is 5.71 Å². The van der Waals surface area contributed by atoms with Gasteiger partial charge in [-0.1, -0.05) is 19.1 Å². The fourth-order valence-corrected chi connectivity index (χ4v) is 2.14. The number of hydrazone groups is 1. The molecule has 0 spiro atoms. The van der Waals surface area contributed by atoms with E-state index in [0.717, 1.165) is 12.3 Å². The lowest BCUT2D eigenvalue weighted by atomic mass is 9.66. The Morgan fingerprint density at radius 2 is 2.50 bits per heavy atom. The summed E-state index contributed by atoms with van der Waals surface area (Å²) in [6, 6.07) is 0. The molecule has 0 aliphatic heterocycles. The lowest BCUT2D eigenvalue weighted by Gasteiger charge is -2.39. The third-order valence-electron chi connectivity index (χ3n) is 2.79. The summed E-state index contributed by atoms with van der Waals surface area (Å²) in [5, 5.41) is 3.79. The summed E-state index contributed by atoms with van der Waals surface area (Å²) in [5.74, 6) is 7.26. The third-order valence-corrected chi connectivity index (χ3v) is 2.79. The van der Waals surface area contributed by atoms with E-state index in [1.807, 2.05) is 0 Å². The largest absolute Gasteiger partial charge is 0.323 e. The van der Waals surface area contributed by atoms with Crippen LogP contribution >= 0.6 is 0 Å². The average molecular weight is 136 g/mol. The van der Waals surface area contributed by atoms with Gasteiger partial charge in [0.2, 0.25) is 0 Å². The second kappa shape index (κ2) is 1.84. The van der Waals surface area contributed by atoms with Crippen molar-refractivity contribution in [2.75, 3.05) is 0 Å². The molecule has 1 fully saturated rings. The molecule has 0 aromatic heterocycles. The number of nitrogens with zero attached hydrogens (tertiary/aromatic N) is 1. The van der Waals surface area contributed by atoms with Crippen LogP contribution in [0, 0.1) is 17.8 Å². The standard InChI is InChI=1S/C8H12N2/c1-5-6-3-2-4-7(6)8(5)10-9/h2-3,5-7H,4,9H2,1H3/b10-8-. The molecular formula is C8H12N2. The maximum absolute atomic E-state index is 5.24. The minimum atomic E-state index is 0.605. The molecule has 0 bridgehead atoms. The summed E-state index contributed by atoms with van der Waals surface area (Å²) in [6.45, 7) is 2.20. The van der Waals surface area contributed by atoms with Crippen molar-refractivity contribution in [2.24, 2.45) is 28.7 Å². The summed E-state index contributed by atoms with van der Waals surface area (Å²) in [6.07, 6.45) is 5.69. The van der Waals surface area contributed by atoms with E-state index < -0.39 is 0 Å². The fraction of sp³-hybridized carbons (Fsp3) is 0.625. The quantitative estimate of drug-likeness (QED) is 0.303. The second-order valence-electron chi connectivity index (χ2n) is 3.19.